The summed E-state index contributed by atoms with van der Waals surface area (Å²) in [5, 5.41) is 3.04. The van der Waals surface area contributed by atoms with Crippen molar-refractivity contribution < 1.29 is 9.59 Å². The molecule has 74 valence electrons. The van der Waals surface area contributed by atoms with Crippen molar-refractivity contribution in [3.63, 3.8) is 0 Å². The van der Waals surface area contributed by atoms with Gasteiger partial charge in [0.05, 0.1) is 5.69 Å². The van der Waals surface area contributed by atoms with Gasteiger partial charge in [-0.3, -0.25) is 9.59 Å². The van der Waals surface area contributed by atoms with Gasteiger partial charge >= 0.3 is 0 Å². The highest BCUT2D eigenvalue weighted by molar-refractivity contribution is 6.31. The van der Waals surface area contributed by atoms with Gasteiger partial charge in [-0.1, -0.05) is 11.6 Å². The summed E-state index contributed by atoms with van der Waals surface area (Å²) in [4.78, 5) is 22.0. The topological polar surface area (TPSA) is 46.2 Å². The van der Waals surface area contributed by atoms with Crippen LogP contribution in [0.3, 0.4) is 0 Å². The van der Waals surface area contributed by atoms with Gasteiger partial charge < -0.3 is 5.32 Å². The van der Waals surface area contributed by atoms with E-state index < -0.39 is 0 Å². The molecular weight excluding hydrogens is 202 g/mol. The maximum Gasteiger partial charge on any atom is 0.221 e. The van der Waals surface area contributed by atoms with Gasteiger partial charge in [-0.15, -0.1) is 0 Å². The van der Waals surface area contributed by atoms with Gasteiger partial charge in [-0.05, 0) is 25.1 Å². The number of benzene rings is 1. The third-order valence-electron chi connectivity index (χ3n) is 1.67. The molecule has 1 aromatic carbocycles. The molecule has 0 fully saturated rings. The van der Waals surface area contributed by atoms with E-state index in [0.29, 0.717) is 16.3 Å². The second-order valence-corrected chi connectivity index (χ2v) is 3.36. The second kappa shape index (κ2) is 4.24. The van der Waals surface area contributed by atoms with Gasteiger partial charge in [0.2, 0.25) is 5.91 Å². The molecule has 0 aliphatic rings. The molecule has 4 heteroatoms. The van der Waals surface area contributed by atoms with Crippen LogP contribution in [0.25, 0.3) is 0 Å². The Morgan fingerprint density at radius 3 is 2.43 bits per heavy atom. The fraction of sp³-hybridized carbons (Fsp3) is 0.200. The van der Waals surface area contributed by atoms with Gasteiger partial charge in [0.15, 0.2) is 5.78 Å². The lowest BCUT2D eigenvalue weighted by Crippen LogP contribution is -2.09. The SMILES string of the molecule is CC(=O)Nc1cc(Cl)ccc1C(C)=O. The Bertz CT molecular complexity index is 388. The van der Waals surface area contributed by atoms with E-state index in [1.165, 1.54) is 13.8 Å². The minimum Gasteiger partial charge on any atom is -0.326 e. The maximum absolute atomic E-state index is 11.2. The van der Waals surface area contributed by atoms with Crippen LogP contribution in [0.4, 0.5) is 5.69 Å². The largest absolute Gasteiger partial charge is 0.326 e. The van der Waals surface area contributed by atoms with Gasteiger partial charge in [0.1, 0.15) is 0 Å². The number of carbonyl (C=O) groups excluding carboxylic acids is 2. The Kier molecular flexibility index (Phi) is 3.25. The first-order valence-electron chi connectivity index (χ1n) is 4.09. The Morgan fingerprint density at radius 2 is 1.93 bits per heavy atom. The molecule has 0 aliphatic carbocycles. The average molecular weight is 212 g/mol. The fourth-order valence-electron chi connectivity index (χ4n) is 1.12. The predicted octanol–water partition coefficient (Wildman–Crippen LogP) is 2.50. The number of hydrogen-bond acceptors (Lipinski definition) is 2. The zero-order valence-corrected chi connectivity index (χ0v) is 8.68. The van der Waals surface area contributed by atoms with Crippen LogP contribution in [-0.4, -0.2) is 11.7 Å². The highest BCUT2D eigenvalue weighted by Gasteiger charge is 2.08. The number of rotatable bonds is 2. The van der Waals surface area contributed by atoms with E-state index in [1.54, 1.807) is 18.2 Å². The third-order valence-corrected chi connectivity index (χ3v) is 1.91. The van der Waals surface area contributed by atoms with Crippen molar-refractivity contribution >= 4 is 29.0 Å². The molecule has 0 aliphatic heterocycles. The van der Waals surface area contributed by atoms with Crippen molar-refractivity contribution in [1.29, 1.82) is 0 Å². The van der Waals surface area contributed by atoms with Crippen molar-refractivity contribution in [2.75, 3.05) is 5.32 Å². The lowest BCUT2D eigenvalue weighted by atomic mass is 10.1. The Morgan fingerprint density at radius 1 is 1.29 bits per heavy atom. The number of ketones is 1. The van der Waals surface area contributed by atoms with Crippen molar-refractivity contribution in [3.8, 4) is 0 Å². The Hall–Kier alpha value is -1.35. The summed E-state index contributed by atoms with van der Waals surface area (Å²) >= 11 is 5.74. The lowest BCUT2D eigenvalue weighted by molar-refractivity contribution is -0.114. The van der Waals surface area contributed by atoms with E-state index in [1.807, 2.05) is 0 Å². The molecule has 1 N–H and O–H groups in total. The summed E-state index contributed by atoms with van der Waals surface area (Å²) in [6, 6.07) is 4.76. The van der Waals surface area contributed by atoms with Crippen LogP contribution in [0.15, 0.2) is 18.2 Å². The van der Waals surface area contributed by atoms with Crippen LogP contribution in [0.1, 0.15) is 24.2 Å². The van der Waals surface area contributed by atoms with Crippen LogP contribution in [-0.2, 0) is 4.79 Å². The zero-order chi connectivity index (χ0) is 10.7. The zero-order valence-electron chi connectivity index (χ0n) is 7.93. The normalized spacial score (nSPS) is 9.64. The molecule has 1 aromatic rings. The number of amides is 1. The summed E-state index contributed by atoms with van der Waals surface area (Å²) < 4.78 is 0. The molecule has 0 saturated carbocycles. The summed E-state index contributed by atoms with van der Waals surface area (Å²) in [7, 11) is 0. The number of nitrogens with one attached hydrogen (secondary N) is 1. The molecule has 1 amide bonds. The van der Waals surface area contributed by atoms with E-state index in [9.17, 15) is 9.59 Å². The first kappa shape index (κ1) is 10.7. The van der Waals surface area contributed by atoms with E-state index >= 15 is 0 Å². The molecular formula is C10H10ClNO2. The molecule has 0 atom stereocenters. The van der Waals surface area contributed by atoms with Crippen LogP contribution >= 0.6 is 11.6 Å². The number of hydrogen-bond donors (Lipinski definition) is 1. The number of Topliss-reactive ketones (excluding diaryl/α,β-unsaturated/α-hetero) is 1. The number of halogens is 1. The van der Waals surface area contributed by atoms with E-state index in [2.05, 4.69) is 5.32 Å². The molecule has 0 unspecified atom stereocenters. The first-order valence-corrected chi connectivity index (χ1v) is 4.46. The van der Waals surface area contributed by atoms with Gasteiger partial charge in [-0.2, -0.15) is 0 Å². The Labute approximate surface area is 87.1 Å². The molecule has 0 heterocycles. The van der Waals surface area contributed by atoms with E-state index in [0.717, 1.165) is 0 Å². The highest BCUT2D eigenvalue weighted by atomic mass is 35.5. The van der Waals surface area contributed by atoms with Crippen LogP contribution in [0.5, 0.6) is 0 Å². The molecule has 0 radical (unpaired) electrons. The van der Waals surface area contributed by atoms with Gasteiger partial charge in [-0.25, -0.2) is 0 Å². The molecule has 0 saturated heterocycles. The summed E-state index contributed by atoms with van der Waals surface area (Å²) in [5.41, 5.74) is 0.919. The quantitative estimate of drug-likeness (QED) is 0.764. The van der Waals surface area contributed by atoms with E-state index in [4.69, 9.17) is 11.6 Å². The summed E-state index contributed by atoms with van der Waals surface area (Å²) in [6.45, 7) is 2.82. The summed E-state index contributed by atoms with van der Waals surface area (Å²) in [6.07, 6.45) is 0. The molecule has 0 spiro atoms. The standard InChI is InChI=1S/C10H10ClNO2/c1-6(13)9-4-3-8(11)5-10(9)12-7(2)14/h3-5H,1-2H3,(H,12,14). The molecule has 1 rings (SSSR count). The lowest BCUT2D eigenvalue weighted by Gasteiger charge is -2.07. The molecule has 3 nitrogen and oxygen atoms in total. The molecule has 14 heavy (non-hydrogen) atoms. The van der Waals surface area contributed by atoms with Crippen LogP contribution < -0.4 is 5.32 Å². The predicted molar refractivity (Wildman–Crippen MR) is 55.8 cm³/mol. The molecule has 0 aromatic heterocycles. The summed E-state index contributed by atoms with van der Waals surface area (Å²) in [5.74, 6) is -0.333. The highest BCUT2D eigenvalue weighted by Crippen LogP contribution is 2.21. The molecule has 0 bridgehead atoms. The maximum atomic E-state index is 11.2. The van der Waals surface area contributed by atoms with Gasteiger partial charge in [0, 0.05) is 17.5 Å². The van der Waals surface area contributed by atoms with Crippen LogP contribution in [0.2, 0.25) is 5.02 Å². The van der Waals surface area contributed by atoms with E-state index in [-0.39, 0.29) is 11.7 Å². The monoisotopic (exact) mass is 211 g/mol. The minimum absolute atomic E-state index is 0.106. The van der Waals surface area contributed by atoms with Crippen molar-refractivity contribution in [2.24, 2.45) is 0 Å². The van der Waals surface area contributed by atoms with Crippen molar-refractivity contribution in [1.82, 2.24) is 0 Å². The van der Waals surface area contributed by atoms with Crippen LogP contribution in [0, 0.1) is 0 Å². The van der Waals surface area contributed by atoms with Crippen molar-refractivity contribution in [3.05, 3.63) is 28.8 Å². The Balaban J connectivity index is 3.15. The number of anilines is 1. The average Bonchev–Trinajstić information content (AvgIpc) is 2.01. The number of carbonyl (C=O) groups is 2. The van der Waals surface area contributed by atoms with Crippen molar-refractivity contribution in [2.45, 2.75) is 13.8 Å². The second-order valence-electron chi connectivity index (χ2n) is 2.93. The van der Waals surface area contributed by atoms with Gasteiger partial charge in [0.25, 0.3) is 0 Å². The fourth-order valence-corrected chi connectivity index (χ4v) is 1.29. The first-order chi connectivity index (χ1) is 6.50. The minimum atomic E-state index is -0.227. The smallest absolute Gasteiger partial charge is 0.221 e. The third kappa shape index (κ3) is 2.57.